The van der Waals surface area contributed by atoms with E-state index in [9.17, 15) is 0 Å². The molecular weight excluding hydrogens is 216 g/mol. The van der Waals surface area contributed by atoms with Crippen molar-refractivity contribution in [1.29, 1.82) is 0 Å². The van der Waals surface area contributed by atoms with Crippen molar-refractivity contribution in [3.05, 3.63) is 21.9 Å². The van der Waals surface area contributed by atoms with Crippen molar-refractivity contribution in [3.63, 3.8) is 0 Å². The lowest BCUT2D eigenvalue weighted by Crippen LogP contribution is -2.19. The van der Waals surface area contributed by atoms with Crippen LogP contribution < -0.4 is 5.32 Å². The molecule has 0 aromatic carbocycles. The van der Waals surface area contributed by atoms with E-state index >= 15 is 0 Å². The first-order valence-corrected chi connectivity index (χ1v) is 7.08. The summed E-state index contributed by atoms with van der Waals surface area (Å²) < 4.78 is 0. The van der Waals surface area contributed by atoms with Gasteiger partial charge >= 0.3 is 0 Å². The summed E-state index contributed by atoms with van der Waals surface area (Å²) in [4.78, 5) is 5.56. The summed E-state index contributed by atoms with van der Waals surface area (Å²) in [5.41, 5.74) is 0. The van der Waals surface area contributed by atoms with Gasteiger partial charge in [0, 0.05) is 29.4 Å². The summed E-state index contributed by atoms with van der Waals surface area (Å²) in [7, 11) is 2.01. The van der Waals surface area contributed by atoms with E-state index < -0.39 is 0 Å². The van der Waals surface area contributed by atoms with Crippen molar-refractivity contribution in [2.75, 3.05) is 20.1 Å². The van der Waals surface area contributed by atoms with Crippen LogP contribution in [0.4, 0.5) is 0 Å². The van der Waals surface area contributed by atoms with Crippen molar-refractivity contribution in [1.82, 2.24) is 10.2 Å². The van der Waals surface area contributed by atoms with Gasteiger partial charge in [0.05, 0.1) is 0 Å². The van der Waals surface area contributed by atoms with Gasteiger partial charge in [-0.3, -0.25) is 4.90 Å². The molecule has 2 rings (SSSR count). The van der Waals surface area contributed by atoms with Crippen LogP contribution in [0.15, 0.2) is 12.1 Å². The van der Waals surface area contributed by atoms with Gasteiger partial charge in [0.25, 0.3) is 0 Å². The van der Waals surface area contributed by atoms with Gasteiger partial charge in [-0.25, -0.2) is 0 Å². The highest BCUT2D eigenvalue weighted by Gasteiger charge is 2.20. The summed E-state index contributed by atoms with van der Waals surface area (Å²) in [6.45, 7) is 7.06. The lowest BCUT2D eigenvalue weighted by atomic mass is 10.1. The largest absolute Gasteiger partial charge is 0.315 e. The minimum Gasteiger partial charge on any atom is -0.315 e. The fourth-order valence-electron chi connectivity index (χ4n) is 2.39. The van der Waals surface area contributed by atoms with Gasteiger partial charge in [-0.2, -0.15) is 0 Å². The van der Waals surface area contributed by atoms with Crippen molar-refractivity contribution >= 4 is 11.3 Å². The predicted molar refractivity (Wildman–Crippen MR) is 70.8 cm³/mol. The molecule has 2 nitrogen and oxygen atoms in total. The van der Waals surface area contributed by atoms with E-state index in [-0.39, 0.29) is 0 Å². The zero-order valence-electron chi connectivity index (χ0n) is 10.3. The normalized spacial score (nSPS) is 21.8. The SMILES string of the molecule is CCC1CCN(Cc2ccc(CNC)s2)C1. The van der Waals surface area contributed by atoms with E-state index in [4.69, 9.17) is 0 Å². The molecule has 1 atom stereocenters. The Balaban J connectivity index is 1.84. The maximum absolute atomic E-state index is 3.20. The Kier molecular flexibility index (Phi) is 4.38. The van der Waals surface area contributed by atoms with Crippen LogP contribution in [0.25, 0.3) is 0 Å². The fourth-order valence-corrected chi connectivity index (χ4v) is 3.46. The van der Waals surface area contributed by atoms with Gasteiger partial charge in [-0.05, 0) is 38.1 Å². The molecule has 2 heterocycles. The van der Waals surface area contributed by atoms with Gasteiger partial charge in [-0.15, -0.1) is 11.3 Å². The minimum atomic E-state index is 0.941. The minimum absolute atomic E-state index is 0.941. The Bertz CT molecular complexity index is 321. The number of thiophene rings is 1. The molecule has 0 saturated carbocycles. The Morgan fingerprint density at radius 1 is 1.44 bits per heavy atom. The highest BCUT2D eigenvalue weighted by atomic mass is 32.1. The fraction of sp³-hybridized carbons (Fsp3) is 0.692. The summed E-state index contributed by atoms with van der Waals surface area (Å²) in [5.74, 6) is 0.941. The molecule has 0 amide bonds. The highest BCUT2D eigenvalue weighted by molar-refractivity contribution is 7.11. The monoisotopic (exact) mass is 238 g/mol. The zero-order chi connectivity index (χ0) is 11.4. The molecule has 1 aromatic heterocycles. The molecule has 16 heavy (non-hydrogen) atoms. The Morgan fingerprint density at radius 2 is 2.25 bits per heavy atom. The highest BCUT2D eigenvalue weighted by Crippen LogP contribution is 2.24. The van der Waals surface area contributed by atoms with E-state index in [1.807, 2.05) is 18.4 Å². The van der Waals surface area contributed by atoms with E-state index in [1.165, 1.54) is 35.7 Å². The van der Waals surface area contributed by atoms with Crippen LogP contribution in [0.3, 0.4) is 0 Å². The number of hydrogen-bond donors (Lipinski definition) is 1. The van der Waals surface area contributed by atoms with Crippen LogP contribution in [0.1, 0.15) is 29.5 Å². The van der Waals surface area contributed by atoms with Gasteiger partial charge in [0.1, 0.15) is 0 Å². The molecule has 1 aliphatic heterocycles. The van der Waals surface area contributed by atoms with Gasteiger partial charge < -0.3 is 5.32 Å². The lowest BCUT2D eigenvalue weighted by molar-refractivity contribution is 0.318. The first kappa shape index (κ1) is 12.1. The van der Waals surface area contributed by atoms with E-state index in [2.05, 4.69) is 29.3 Å². The third-order valence-corrected chi connectivity index (χ3v) is 4.47. The summed E-state index contributed by atoms with van der Waals surface area (Å²) in [6, 6.07) is 4.54. The molecule has 1 saturated heterocycles. The number of nitrogens with zero attached hydrogens (tertiary/aromatic N) is 1. The molecule has 1 unspecified atom stereocenters. The van der Waals surface area contributed by atoms with Crippen molar-refractivity contribution < 1.29 is 0 Å². The number of rotatable bonds is 5. The first-order chi connectivity index (χ1) is 7.81. The second-order valence-electron chi connectivity index (χ2n) is 4.70. The van der Waals surface area contributed by atoms with Crippen molar-refractivity contribution in [2.45, 2.75) is 32.9 Å². The van der Waals surface area contributed by atoms with Crippen LogP contribution in [-0.4, -0.2) is 25.0 Å². The van der Waals surface area contributed by atoms with Gasteiger partial charge in [-0.1, -0.05) is 13.3 Å². The predicted octanol–water partition coefficient (Wildman–Crippen LogP) is 2.70. The molecule has 0 radical (unpaired) electrons. The van der Waals surface area contributed by atoms with Crippen LogP contribution in [0, 0.1) is 5.92 Å². The van der Waals surface area contributed by atoms with Crippen LogP contribution >= 0.6 is 11.3 Å². The van der Waals surface area contributed by atoms with Crippen molar-refractivity contribution in [3.8, 4) is 0 Å². The molecule has 3 heteroatoms. The maximum atomic E-state index is 3.20. The third-order valence-electron chi connectivity index (χ3n) is 3.40. The number of likely N-dealkylation sites (tertiary alicyclic amines) is 1. The molecule has 0 bridgehead atoms. The average Bonchev–Trinajstić information content (AvgIpc) is 2.89. The molecule has 1 fully saturated rings. The lowest BCUT2D eigenvalue weighted by Gasteiger charge is -2.14. The quantitative estimate of drug-likeness (QED) is 0.848. The molecule has 0 spiro atoms. The molecule has 90 valence electrons. The molecular formula is C13H22N2S. The van der Waals surface area contributed by atoms with Crippen LogP contribution in [0.2, 0.25) is 0 Å². The number of hydrogen-bond acceptors (Lipinski definition) is 3. The molecule has 1 aromatic rings. The average molecular weight is 238 g/mol. The second kappa shape index (κ2) is 5.80. The topological polar surface area (TPSA) is 15.3 Å². The van der Waals surface area contributed by atoms with E-state index in [1.54, 1.807) is 0 Å². The molecule has 0 aliphatic carbocycles. The molecule has 1 N–H and O–H groups in total. The smallest absolute Gasteiger partial charge is 0.0328 e. The first-order valence-electron chi connectivity index (χ1n) is 6.26. The summed E-state index contributed by atoms with van der Waals surface area (Å²) in [5, 5.41) is 3.20. The summed E-state index contributed by atoms with van der Waals surface area (Å²) in [6.07, 6.45) is 2.73. The standard InChI is InChI=1S/C13H22N2S/c1-3-11-6-7-15(9-11)10-13-5-4-12(16-13)8-14-2/h4-5,11,14H,3,6-10H2,1-2H3. The van der Waals surface area contributed by atoms with Crippen molar-refractivity contribution in [2.24, 2.45) is 5.92 Å². The maximum Gasteiger partial charge on any atom is 0.0328 e. The van der Waals surface area contributed by atoms with E-state index in [0.717, 1.165) is 19.0 Å². The molecule has 1 aliphatic rings. The Morgan fingerprint density at radius 3 is 2.94 bits per heavy atom. The zero-order valence-corrected chi connectivity index (χ0v) is 11.1. The van der Waals surface area contributed by atoms with Crippen LogP contribution in [-0.2, 0) is 13.1 Å². The van der Waals surface area contributed by atoms with Gasteiger partial charge in [0.15, 0.2) is 0 Å². The Labute approximate surface area is 103 Å². The van der Waals surface area contributed by atoms with Gasteiger partial charge in [0.2, 0.25) is 0 Å². The third kappa shape index (κ3) is 3.06. The Hall–Kier alpha value is -0.380. The van der Waals surface area contributed by atoms with Crippen LogP contribution in [0.5, 0.6) is 0 Å². The second-order valence-corrected chi connectivity index (χ2v) is 5.95. The number of nitrogens with one attached hydrogen (secondary N) is 1. The summed E-state index contributed by atoms with van der Waals surface area (Å²) >= 11 is 1.95. The van der Waals surface area contributed by atoms with E-state index in [0.29, 0.717) is 0 Å².